The molecule has 0 aliphatic carbocycles. The SMILES string of the molecule is COc1cc(I)c(C(=O)N(C)CC(=O)Nc2ccc(C)cc2)cc1OC. The Morgan fingerprint density at radius 1 is 1.08 bits per heavy atom. The molecule has 0 radical (unpaired) electrons. The number of hydrogen-bond donors (Lipinski definition) is 1. The number of rotatable bonds is 6. The third-order valence-corrected chi connectivity index (χ3v) is 4.66. The number of carbonyl (C=O) groups excluding carboxylic acids is 2. The van der Waals surface area contributed by atoms with Crippen LogP contribution in [0.4, 0.5) is 5.69 Å². The molecule has 2 rings (SSSR count). The van der Waals surface area contributed by atoms with Crippen LogP contribution in [-0.2, 0) is 4.79 Å². The minimum Gasteiger partial charge on any atom is -0.493 e. The van der Waals surface area contributed by atoms with Gasteiger partial charge in [0.1, 0.15) is 0 Å². The number of nitrogens with zero attached hydrogens (tertiary/aromatic N) is 1. The molecule has 0 saturated carbocycles. The van der Waals surface area contributed by atoms with E-state index in [0.717, 1.165) is 9.13 Å². The van der Waals surface area contributed by atoms with Crippen molar-refractivity contribution in [2.24, 2.45) is 0 Å². The second-order valence-corrected chi connectivity index (χ2v) is 6.92. The van der Waals surface area contributed by atoms with Crippen LogP contribution < -0.4 is 14.8 Å². The molecule has 0 unspecified atom stereocenters. The monoisotopic (exact) mass is 468 g/mol. The van der Waals surface area contributed by atoms with Crippen molar-refractivity contribution in [1.82, 2.24) is 4.90 Å². The number of ether oxygens (including phenoxy) is 2. The minimum atomic E-state index is -0.269. The Hall–Kier alpha value is -2.29. The molecule has 0 bridgehead atoms. The highest BCUT2D eigenvalue weighted by atomic mass is 127. The normalized spacial score (nSPS) is 10.2. The standard InChI is InChI=1S/C19H21IN2O4/c1-12-5-7-13(8-6-12)21-18(23)11-22(2)19(24)14-9-16(25-3)17(26-4)10-15(14)20/h5-10H,11H2,1-4H3,(H,21,23). The first kappa shape index (κ1) is 20.0. The van der Waals surface area contributed by atoms with E-state index in [4.69, 9.17) is 9.47 Å². The number of carbonyl (C=O) groups is 2. The molecule has 0 fully saturated rings. The highest BCUT2D eigenvalue weighted by Gasteiger charge is 2.20. The Balaban J connectivity index is 2.09. The highest BCUT2D eigenvalue weighted by Crippen LogP contribution is 2.31. The van der Waals surface area contributed by atoms with Gasteiger partial charge in [0, 0.05) is 16.3 Å². The summed E-state index contributed by atoms with van der Waals surface area (Å²) in [5.74, 6) is 0.483. The third-order valence-electron chi connectivity index (χ3n) is 3.77. The van der Waals surface area contributed by atoms with Crippen LogP contribution in [-0.4, -0.2) is 44.5 Å². The van der Waals surface area contributed by atoms with Crippen LogP contribution in [0, 0.1) is 10.5 Å². The maximum Gasteiger partial charge on any atom is 0.255 e. The second-order valence-electron chi connectivity index (χ2n) is 5.76. The fourth-order valence-electron chi connectivity index (χ4n) is 2.35. The van der Waals surface area contributed by atoms with Gasteiger partial charge < -0.3 is 19.7 Å². The number of hydrogen-bond acceptors (Lipinski definition) is 4. The van der Waals surface area contributed by atoms with Gasteiger partial charge >= 0.3 is 0 Å². The summed E-state index contributed by atoms with van der Waals surface area (Å²) >= 11 is 2.06. The number of nitrogens with one attached hydrogen (secondary N) is 1. The lowest BCUT2D eigenvalue weighted by molar-refractivity contribution is -0.116. The zero-order valence-corrected chi connectivity index (χ0v) is 17.3. The lowest BCUT2D eigenvalue weighted by atomic mass is 10.1. The number of aryl methyl sites for hydroxylation is 1. The lowest BCUT2D eigenvalue weighted by Crippen LogP contribution is -2.35. The van der Waals surface area contributed by atoms with Crippen molar-refractivity contribution >= 4 is 40.1 Å². The van der Waals surface area contributed by atoms with Gasteiger partial charge in [-0.1, -0.05) is 17.7 Å². The Morgan fingerprint density at radius 2 is 1.65 bits per heavy atom. The minimum absolute atomic E-state index is 0.0584. The molecule has 2 amide bonds. The van der Waals surface area contributed by atoms with Crippen molar-refractivity contribution in [2.45, 2.75) is 6.92 Å². The fraction of sp³-hybridized carbons (Fsp3) is 0.263. The fourth-order valence-corrected chi connectivity index (χ4v) is 3.02. The molecule has 0 saturated heterocycles. The zero-order chi connectivity index (χ0) is 19.3. The van der Waals surface area contributed by atoms with Crippen molar-refractivity contribution in [3.63, 3.8) is 0 Å². The zero-order valence-electron chi connectivity index (χ0n) is 15.1. The summed E-state index contributed by atoms with van der Waals surface area (Å²) in [6.07, 6.45) is 0. The van der Waals surface area contributed by atoms with Gasteiger partial charge in [-0.2, -0.15) is 0 Å². The van der Waals surface area contributed by atoms with Crippen LogP contribution in [0.2, 0.25) is 0 Å². The lowest BCUT2D eigenvalue weighted by Gasteiger charge is -2.19. The molecule has 138 valence electrons. The van der Waals surface area contributed by atoms with E-state index in [0.29, 0.717) is 22.7 Å². The smallest absolute Gasteiger partial charge is 0.255 e. The Kier molecular flexibility index (Phi) is 6.84. The van der Waals surface area contributed by atoms with Crippen LogP contribution in [0.5, 0.6) is 11.5 Å². The summed E-state index contributed by atoms with van der Waals surface area (Å²) in [7, 11) is 4.64. The average Bonchev–Trinajstić information content (AvgIpc) is 2.62. The average molecular weight is 468 g/mol. The predicted molar refractivity (Wildman–Crippen MR) is 109 cm³/mol. The summed E-state index contributed by atoms with van der Waals surface area (Å²) < 4.78 is 11.2. The molecular formula is C19H21IN2O4. The van der Waals surface area contributed by atoms with E-state index in [1.54, 1.807) is 19.2 Å². The van der Waals surface area contributed by atoms with Crippen molar-refractivity contribution in [1.29, 1.82) is 0 Å². The Bertz CT molecular complexity index is 806. The van der Waals surface area contributed by atoms with Gasteiger partial charge in [0.05, 0.1) is 26.3 Å². The molecule has 7 heteroatoms. The van der Waals surface area contributed by atoms with Crippen LogP contribution in [0.25, 0.3) is 0 Å². The second kappa shape index (κ2) is 8.88. The van der Waals surface area contributed by atoms with Crippen LogP contribution in [0.3, 0.4) is 0 Å². The molecule has 0 aliphatic rings. The van der Waals surface area contributed by atoms with Crippen LogP contribution >= 0.6 is 22.6 Å². The van der Waals surface area contributed by atoms with Crippen molar-refractivity contribution in [3.8, 4) is 11.5 Å². The van der Waals surface area contributed by atoms with Crippen LogP contribution in [0.1, 0.15) is 15.9 Å². The van der Waals surface area contributed by atoms with E-state index in [1.807, 2.05) is 31.2 Å². The first-order chi connectivity index (χ1) is 12.3. The van der Waals surface area contributed by atoms with Gasteiger partial charge in [0.15, 0.2) is 11.5 Å². The number of likely N-dealkylation sites (N-methyl/N-ethyl adjacent to an activating group) is 1. The van der Waals surface area contributed by atoms with Gasteiger partial charge in [0.2, 0.25) is 5.91 Å². The summed E-state index contributed by atoms with van der Waals surface area (Å²) in [6.45, 7) is 1.92. The molecule has 2 aromatic carbocycles. The van der Waals surface area contributed by atoms with Gasteiger partial charge in [-0.25, -0.2) is 0 Å². The van der Waals surface area contributed by atoms with Crippen molar-refractivity contribution in [2.75, 3.05) is 33.1 Å². The van der Waals surface area contributed by atoms with Gasteiger partial charge in [-0.15, -0.1) is 0 Å². The Morgan fingerprint density at radius 3 is 2.23 bits per heavy atom. The topological polar surface area (TPSA) is 67.9 Å². The molecule has 0 atom stereocenters. The summed E-state index contributed by atoms with van der Waals surface area (Å²) in [5, 5.41) is 2.78. The highest BCUT2D eigenvalue weighted by molar-refractivity contribution is 14.1. The predicted octanol–water partition coefficient (Wildman–Crippen LogP) is 3.33. The first-order valence-corrected chi connectivity index (χ1v) is 8.97. The quantitative estimate of drug-likeness (QED) is 0.661. The number of methoxy groups -OCH3 is 2. The van der Waals surface area contributed by atoms with Gasteiger partial charge in [-0.05, 0) is 53.8 Å². The number of anilines is 1. The number of amides is 2. The molecule has 0 spiro atoms. The van der Waals surface area contributed by atoms with E-state index in [2.05, 4.69) is 27.9 Å². The largest absolute Gasteiger partial charge is 0.493 e. The van der Waals surface area contributed by atoms with Gasteiger partial charge in [-0.3, -0.25) is 9.59 Å². The molecule has 1 N–H and O–H groups in total. The van der Waals surface area contributed by atoms with Gasteiger partial charge in [0.25, 0.3) is 5.91 Å². The maximum absolute atomic E-state index is 12.7. The summed E-state index contributed by atoms with van der Waals surface area (Å²) in [4.78, 5) is 26.3. The van der Waals surface area contributed by atoms with E-state index < -0.39 is 0 Å². The van der Waals surface area contributed by atoms with E-state index >= 15 is 0 Å². The van der Waals surface area contributed by atoms with E-state index in [1.165, 1.54) is 19.1 Å². The number of benzene rings is 2. The first-order valence-electron chi connectivity index (χ1n) is 7.89. The molecule has 26 heavy (non-hydrogen) atoms. The third kappa shape index (κ3) is 4.87. The molecule has 0 aliphatic heterocycles. The molecule has 0 aromatic heterocycles. The maximum atomic E-state index is 12.7. The summed E-state index contributed by atoms with van der Waals surface area (Å²) in [5.41, 5.74) is 2.26. The molecule has 2 aromatic rings. The Labute approximate surface area is 166 Å². The van der Waals surface area contributed by atoms with E-state index in [-0.39, 0.29) is 18.4 Å². The number of halogens is 1. The molecule has 6 nitrogen and oxygen atoms in total. The van der Waals surface area contributed by atoms with E-state index in [9.17, 15) is 9.59 Å². The van der Waals surface area contributed by atoms with Crippen LogP contribution in [0.15, 0.2) is 36.4 Å². The molecule has 0 heterocycles. The van der Waals surface area contributed by atoms with Crippen molar-refractivity contribution < 1.29 is 19.1 Å². The summed E-state index contributed by atoms with van der Waals surface area (Å²) in [6, 6.07) is 10.8. The molecular weight excluding hydrogens is 447 g/mol. The van der Waals surface area contributed by atoms with Crippen molar-refractivity contribution in [3.05, 3.63) is 51.1 Å².